The Morgan fingerprint density at radius 1 is 1.00 bits per heavy atom. The summed E-state index contributed by atoms with van der Waals surface area (Å²) in [5.74, 6) is 1.29. The molecule has 0 amide bonds. The molecule has 4 nitrogen and oxygen atoms in total. The number of pyridine rings is 1. The minimum atomic E-state index is 0.519. The number of halogens is 2. The van der Waals surface area contributed by atoms with Crippen LogP contribution in [0.1, 0.15) is 33.1 Å². The third-order valence-electron chi connectivity index (χ3n) is 2.65. The number of hydrogen-bond donors (Lipinski definition) is 2. The van der Waals surface area contributed by atoms with E-state index in [-0.39, 0.29) is 0 Å². The molecule has 1 heterocycles. The van der Waals surface area contributed by atoms with Crippen molar-refractivity contribution >= 4 is 34.8 Å². The quantitative estimate of drug-likeness (QED) is 0.626. The number of ether oxygens (including phenoxy) is 1. The number of anilines is 2. The van der Waals surface area contributed by atoms with E-state index in [9.17, 15) is 0 Å². The van der Waals surface area contributed by atoms with Crippen molar-refractivity contribution in [3.8, 4) is 0 Å². The number of rotatable bonds is 10. The van der Waals surface area contributed by atoms with Crippen molar-refractivity contribution in [2.75, 3.05) is 36.9 Å². The van der Waals surface area contributed by atoms with E-state index >= 15 is 0 Å². The summed E-state index contributed by atoms with van der Waals surface area (Å²) in [6.45, 7) is 7.16. The van der Waals surface area contributed by atoms with E-state index in [1.807, 2.05) is 0 Å². The molecule has 0 atom stereocenters. The van der Waals surface area contributed by atoms with Gasteiger partial charge in [0.25, 0.3) is 0 Å². The SMILES string of the molecule is CCCCOCCNc1nc(NCCC)c(Cl)cc1Cl. The Bertz CT molecular complexity index is 402. The zero-order valence-electron chi connectivity index (χ0n) is 12.1. The first kappa shape index (κ1) is 17.3. The predicted octanol–water partition coefficient (Wildman–Crippen LogP) is 4.44. The van der Waals surface area contributed by atoms with Crippen LogP contribution in [0.3, 0.4) is 0 Å². The van der Waals surface area contributed by atoms with Gasteiger partial charge in [-0.25, -0.2) is 4.98 Å². The molecule has 0 unspecified atom stereocenters. The first-order valence-corrected chi connectivity index (χ1v) is 7.86. The van der Waals surface area contributed by atoms with E-state index in [0.29, 0.717) is 34.8 Å². The molecule has 0 fully saturated rings. The van der Waals surface area contributed by atoms with Crippen molar-refractivity contribution in [3.05, 3.63) is 16.1 Å². The maximum atomic E-state index is 6.12. The van der Waals surface area contributed by atoms with Gasteiger partial charge in [0, 0.05) is 19.7 Å². The average Bonchev–Trinajstić information content (AvgIpc) is 2.43. The summed E-state index contributed by atoms with van der Waals surface area (Å²) >= 11 is 12.2. The lowest BCUT2D eigenvalue weighted by Gasteiger charge is -2.12. The molecular formula is C14H23Cl2N3O. The van der Waals surface area contributed by atoms with E-state index in [2.05, 4.69) is 29.5 Å². The van der Waals surface area contributed by atoms with Gasteiger partial charge in [-0.2, -0.15) is 0 Å². The molecule has 1 aromatic rings. The van der Waals surface area contributed by atoms with Crippen molar-refractivity contribution in [2.45, 2.75) is 33.1 Å². The lowest BCUT2D eigenvalue weighted by atomic mass is 10.4. The van der Waals surface area contributed by atoms with Gasteiger partial charge in [0.2, 0.25) is 0 Å². The molecule has 2 N–H and O–H groups in total. The van der Waals surface area contributed by atoms with Crippen molar-refractivity contribution in [1.29, 1.82) is 0 Å². The first-order chi connectivity index (χ1) is 9.69. The van der Waals surface area contributed by atoms with Crippen LogP contribution in [0, 0.1) is 0 Å². The van der Waals surface area contributed by atoms with E-state index in [1.54, 1.807) is 6.07 Å². The summed E-state index contributed by atoms with van der Waals surface area (Å²) in [6.07, 6.45) is 3.24. The fraction of sp³-hybridized carbons (Fsp3) is 0.643. The summed E-state index contributed by atoms with van der Waals surface area (Å²) in [7, 11) is 0. The van der Waals surface area contributed by atoms with E-state index in [4.69, 9.17) is 27.9 Å². The Morgan fingerprint density at radius 3 is 2.25 bits per heavy atom. The van der Waals surface area contributed by atoms with E-state index < -0.39 is 0 Å². The van der Waals surface area contributed by atoms with Crippen molar-refractivity contribution < 1.29 is 4.74 Å². The molecule has 1 aromatic heterocycles. The second kappa shape index (κ2) is 10.1. The maximum absolute atomic E-state index is 6.12. The Kier molecular flexibility index (Phi) is 8.74. The fourth-order valence-electron chi connectivity index (χ4n) is 1.55. The Balaban J connectivity index is 2.47. The molecule has 0 radical (unpaired) electrons. The van der Waals surface area contributed by atoms with Crippen LogP contribution in [0.25, 0.3) is 0 Å². The second-order valence-electron chi connectivity index (χ2n) is 4.47. The highest BCUT2D eigenvalue weighted by molar-refractivity contribution is 6.37. The highest BCUT2D eigenvalue weighted by atomic mass is 35.5. The highest BCUT2D eigenvalue weighted by Crippen LogP contribution is 2.29. The molecule has 20 heavy (non-hydrogen) atoms. The van der Waals surface area contributed by atoms with E-state index in [1.165, 1.54) is 0 Å². The Morgan fingerprint density at radius 2 is 1.65 bits per heavy atom. The number of unbranched alkanes of at least 4 members (excludes halogenated alkanes) is 1. The molecule has 0 aliphatic heterocycles. The van der Waals surface area contributed by atoms with Crippen molar-refractivity contribution in [3.63, 3.8) is 0 Å². The standard InChI is InChI=1S/C14H23Cl2N3O/c1-3-5-8-20-9-7-18-14-12(16)10-11(15)13(19-14)17-6-4-2/h10H,3-9H2,1-2H3,(H2,17,18,19). The van der Waals surface area contributed by atoms with Gasteiger partial charge in [0.05, 0.1) is 16.7 Å². The Hall–Kier alpha value is -0.710. The van der Waals surface area contributed by atoms with Gasteiger partial charge < -0.3 is 15.4 Å². The normalized spacial score (nSPS) is 10.6. The van der Waals surface area contributed by atoms with Gasteiger partial charge in [-0.1, -0.05) is 43.5 Å². The van der Waals surface area contributed by atoms with Gasteiger partial charge in [-0.05, 0) is 18.9 Å². The van der Waals surface area contributed by atoms with Crippen LogP contribution in [0.4, 0.5) is 11.6 Å². The van der Waals surface area contributed by atoms with Crippen LogP contribution in [-0.2, 0) is 4.74 Å². The van der Waals surface area contributed by atoms with Crippen LogP contribution in [0.2, 0.25) is 10.0 Å². The first-order valence-electron chi connectivity index (χ1n) is 7.10. The van der Waals surface area contributed by atoms with Gasteiger partial charge in [0.15, 0.2) is 0 Å². The number of hydrogen-bond acceptors (Lipinski definition) is 4. The summed E-state index contributed by atoms with van der Waals surface area (Å²) in [6, 6.07) is 1.70. The minimum absolute atomic E-state index is 0.519. The molecule has 114 valence electrons. The maximum Gasteiger partial charge on any atom is 0.147 e. The molecule has 0 spiro atoms. The predicted molar refractivity (Wildman–Crippen MR) is 87.3 cm³/mol. The lowest BCUT2D eigenvalue weighted by molar-refractivity contribution is 0.141. The molecule has 6 heteroatoms. The largest absolute Gasteiger partial charge is 0.380 e. The number of nitrogens with zero attached hydrogens (tertiary/aromatic N) is 1. The van der Waals surface area contributed by atoms with Gasteiger partial charge in [-0.3, -0.25) is 0 Å². The minimum Gasteiger partial charge on any atom is -0.380 e. The summed E-state index contributed by atoms with van der Waals surface area (Å²) < 4.78 is 5.48. The van der Waals surface area contributed by atoms with Crippen LogP contribution < -0.4 is 10.6 Å². The topological polar surface area (TPSA) is 46.2 Å². The summed E-state index contributed by atoms with van der Waals surface area (Å²) in [5, 5.41) is 7.40. The number of aromatic nitrogens is 1. The lowest BCUT2D eigenvalue weighted by Crippen LogP contribution is -2.12. The zero-order valence-corrected chi connectivity index (χ0v) is 13.7. The smallest absolute Gasteiger partial charge is 0.147 e. The fourth-order valence-corrected chi connectivity index (χ4v) is 2.04. The average molecular weight is 320 g/mol. The molecule has 0 aromatic carbocycles. The molecule has 1 rings (SSSR count). The molecule has 0 bridgehead atoms. The molecule has 0 saturated carbocycles. The second-order valence-corrected chi connectivity index (χ2v) is 5.28. The van der Waals surface area contributed by atoms with Crippen molar-refractivity contribution in [1.82, 2.24) is 4.98 Å². The molecule has 0 aliphatic carbocycles. The van der Waals surface area contributed by atoms with E-state index in [0.717, 1.165) is 32.4 Å². The summed E-state index contributed by atoms with van der Waals surface area (Å²) in [4.78, 5) is 4.40. The van der Waals surface area contributed by atoms with Gasteiger partial charge in [-0.15, -0.1) is 0 Å². The van der Waals surface area contributed by atoms with Crippen LogP contribution in [0.15, 0.2) is 6.07 Å². The molecular weight excluding hydrogens is 297 g/mol. The third-order valence-corrected chi connectivity index (χ3v) is 3.23. The third kappa shape index (κ3) is 6.16. The van der Waals surface area contributed by atoms with Crippen LogP contribution in [0.5, 0.6) is 0 Å². The number of nitrogens with one attached hydrogen (secondary N) is 2. The molecule has 0 aliphatic rings. The molecule has 0 saturated heterocycles. The van der Waals surface area contributed by atoms with Gasteiger partial charge >= 0.3 is 0 Å². The van der Waals surface area contributed by atoms with Gasteiger partial charge in [0.1, 0.15) is 11.6 Å². The van der Waals surface area contributed by atoms with Crippen molar-refractivity contribution in [2.24, 2.45) is 0 Å². The van der Waals surface area contributed by atoms with Crippen LogP contribution >= 0.6 is 23.2 Å². The van der Waals surface area contributed by atoms with Crippen LogP contribution in [-0.4, -0.2) is 31.3 Å². The zero-order chi connectivity index (χ0) is 14.8. The monoisotopic (exact) mass is 319 g/mol. The highest BCUT2D eigenvalue weighted by Gasteiger charge is 2.08. The Labute approximate surface area is 131 Å². The summed E-state index contributed by atoms with van der Waals surface area (Å²) in [5.41, 5.74) is 0.